The lowest BCUT2D eigenvalue weighted by Gasteiger charge is -2.32. The van der Waals surface area contributed by atoms with Crippen molar-refractivity contribution < 1.29 is 9.84 Å². The number of nitrogens with two attached hydrogens (primary N) is 1. The van der Waals surface area contributed by atoms with E-state index in [1.165, 1.54) is 0 Å². The lowest BCUT2D eigenvalue weighted by Crippen LogP contribution is -2.42. The fourth-order valence-electron chi connectivity index (χ4n) is 1.76. The standard InChI is InChI=1S/C11H17N3O2/c12-9-7-13-4-1-10(9)14-8-11(15)2-5-16-6-3-11/h1,4,7,15H,2-3,5-6,8,12H2,(H,13,14). The summed E-state index contributed by atoms with van der Waals surface area (Å²) in [7, 11) is 0. The number of aromatic nitrogens is 1. The summed E-state index contributed by atoms with van der Waals surface area (Å²) >= 11 is 0. The van der Waals surface area contributed by atoms with Gasteiger partial charge in [0, 0.05) is 38.8 Å². The Kier molecular flexibility index (Phi) is 3.26. The fraction of sp³-hybridized carbons (Fsp3) is 0.545. The van der Waals surface area contributed by atoms with Crippen LogP contribution in [-0.2, 0) is 4.74 Å². The van der Waals surface area contributed by atoms with Gasteiger partial charge in [0.25, 0.3) is 0 Å². The van der Waals surface area contributed by atoms with Crippen LogP contribution in [0.5, 0.6) is 0 Å². The van der Waals surface area contributed by atoms with Gasteiger partial charge in [-0.05, 0) is 6.07 Å². The SMILES string of the molecule is Nc1cnccc1NCC1(O)CCOCC1. The van der Waals surface area contributed by atoms with E-state index in [1.54, 1.807) is 18.5 Å². The van der Waals surface area contributed by atoms with Gasteiger partial charge in [-0.1, -0.05) is 0 Å². The number of rotatable bonds is 3. The Balaban J connectivity index is 1.94. The number of ether oxygens (including phenoxy) is 1. The molecule has 5 nitrogen and oxygen atoms in total. The van der Waals surface area contributed by atoms with Gasteiger partial charge in [-0.3, -0.25) is 4.98 Å². The molecule has 2 rings (SSSR count). The number of nitrogens with zero attached hydrogens (tertiary/aromatic N) is 1. The number of hydrogen-bond donors (Lipinski definition) is 3. The van der Waals surface area contributed by atoms with Crippen LogP contribution in [0.25, 0.3) is 0 Å². The fourth-order valence-corrected chi connectivity index (χ4v) is 1.76. The zero-order valence-electron chi connectivity index (χ0n) is 9.15. The Morgan fingerprint density at radius 1 is 1.50 bits per heavy atom. The Morgan fingerprint density at radius 3 is 2.94 bits per heavy atom. The van der Waals surface area contributed by atoms with Crippen molar-refractivity contribution in [2.75, 3.05) is 30.8 Å². The summed E-state index contributed by atoms with van der Waals surface area (Å²) in [4.78, 5) is 3.91. The van der Waals surface area contributed by atoms with Gasteiger partial charge in [0.1, 0.15) is 0 Å². The third kappa shape index (κ3) is 2.62. The largest absolute Gasteiger partial charge is 0.396 e. The summed E-state index contributed by atoms with van der Waals surface area (Å²) < 4.78 is 5.22. The molecule has 0 saturated carbocycles. The molecule has 1 aromatic heterocycles. The predicted octanol–water partition coefficient (Wildman–Crippen LogP) is 0.617. The van der Waals surface area contributed by atoms with Gasteiger partial charge in [-0.2, -0.15) is 0 Å². The van der Waals surface area contributed by atoms with Gasteiger partial charge in [-0.25, -0.2) is 0 Å². The maximum absolute atomic E-state index is 10.2. The van der Waals surface area contributed by atoms with Crippen molar-refractivity contribution in [1.29, 1.82) is 0 Å². The summed E-state index contributed by atoms with van der Waals surface area (Å²) in [5.74, 6) is 0. The van der Waals surface area contributed by atoms with E-state index < -0.39 is 5.60 Å². The first-order valence-corrected chi connectivity index (χ1v) is 5.43. The average Bonchev–Trinajstić information content (AvgIpc) is 2.29. The van der Waals surface area contributed by atoms with E-state index in [0.717, 1.165) is 5.69 Å². The van der Waals surface area contributed by atoms with Crippen molar-refractivity contribution in [2.45, 2.75) is 18.4 Å². The number of anilines is 2. The highest BCUT2D eigenvalue weighted by Gasteiger charge is 2.29. The maximum atomic E-state index is 10.2. The molecule has 4 N–H and O–H groups in total. The molecule has 5 heteroatoms. The van der Waals surface area contributed by atoms with Crippen molar-refractivity contribution in [3.8, 4) is 0 Å². The first-order chi connectivity index (χ1) is 7.70. The predicted molar refractivity (Wildman–Crippen MR) is 62.1 cm³/mol. The number of pyridine rings is 1. The summed E-state index contributed by atoms with van der Waals surface area (Å²) in [6.07, 6.45) is 4.58. The molecule has 0 spiro atoms. The third-order valence-electron chi connectivity index (χ3n) is 2.88. The van der Waals surface area contributed by atoms with Gasteiger partial charge in [0.05, 0.1) is 23.2 Å². The van der Waals surface area contributed by atoms with Crippen LogP contribution in [0.3, 0.4) is 0 Å². The first-order valence-electron chi connectivity index (χ1n) is 5.43. The summed E-state index contributed by atoms with van der Waals surface area (Å²) in [5, 5.41) is 13.4. The summed E-state index contributed by atoms with van der Waals surface area (Å²) in [6.45, 7) is 1.72. The van der Waals surface area contributed by atoms with Gasteiger partial charge in [-0.15, -0.1) is 0 Å². The van der Waals surface area contributed by atoms with Gasteiger partial charge >= 0.3 is 0 Å². The van der Waals surface area contributed by atoms with Crippen LogP contribution in [0.4, 0.5) is 11.4 Å². The highest BCUT2D eigenvalue weighted by molar-refractivity contribution is 5.64. The molecular weight excluding hydrogens is 206 g/mol. The molecule has 1 aromatic rings. The molecule has 0 aromatic carbocycles. The third-order valence-corrected chi connectivity index (χ3v) is 2.88. The van der Waals surface area contributed by atoms with Crippen molar-refractivity contribution in [3.63, 3.8) is 0 Å². The Labute approximate surface area is 94.6 Å². The number of nitrogen functional groups attached to an aromatic ring is 1. The molecule has 1 fully saturated rings. The summed E-state index contributed by atoms with van der Waals surface area (Å²) in [5.41, 5.74) is 6.47. The number of nitrogens with one attached hydrogen (secondary N) is 1. The minimum atomic E-state index is -0.687. The van der Waals surface area contributed by atoms with Crippen LogP contribution in [-0.4, -0.2) is 35.5 Å². The minimum absolute atomic E-state index is 0.491. The van der Waals surface area contributed by atoms with Crippen molar-refractivity contribution in [2.24, 2.45) is 0 Å². The van der Waals surface area contributed by atoms with Crippen molar-refractivity contribution >= 4 is 11.4 Å². The van der Waals surface area contributed by atoms with Crippen LogP contribution in [0, 0.1) is 0 Å². The van der Waals surface area contributed by atoms with Crippen molar-refractivity contribution in [1.82, 2.24) is 4.98 Å². The Morgan fingerprint density at radius 2 is 2.25 bits per heavy atom. The van der Waals surface area contributed by atoms with Crippen molar-refractivity contribution in [3.05, 3.63) is 18.5 Å². The zero-order valence-corrected chi connectivity index (χ0v) is 9.15. The Bertz CT molecular complexity index is 351. The Hall–Kier alpha value is -1.33. The average molecular weight is 223 g/mol. The van der Waals surface area contributed by atoms with E-state index in [1.807, 2.05) is 0 Å². The molecule has 1 aliphatic heterocycles. The molecule has 88 valence electrons. The maximum Gasteiger partial charge on any atom is 0.0863 e. The first kappa shape index (κ1) is 11.2. The molecule has 1 aliphatic rings. The second kappa shape index (κ2) is 4.67. The van der Waals surface area contributed by atoms with E-state index in [4.69, 9.17) is 10.5 Å². The lowest BCUT2D eigenvalue weighted by atomic mass is 9.94. The number of aliphatic hydroxyl groups is 1. The van der Waals surface area contributed by atoms with Gasteiger partial charge in [0.2, 0.25) is 0 Å². The molecule has 0 bridgehead atoms. The molecule has 0 aliphatic carbocycles. The molecular formula is C11H17N3O2. The van der Waals surface area contributed by atoms with E-state index >= 15 is 0 Å². The second-order valence-electron chi connectivity index (χ2n) is 4.15. The van der Waals surface area contributed by atoms with Gasteiger partial charge in [0.15, 0.2) is 0 Å². The molecule has 0 atom stereocenters. The van der Waals surface area contributed by atoms with E-state index in [-0.39, 0.29) is 0 Å². The van der Waals surface area contributed by atoms with Gasteiger partial charge < -0.3 is 20.9 Å². The second-order valence-corrected chi connectivity index (χ2v) is 4.15. The molecule has 1 saturated heterocycles. The minimum Gasteiger partial charge on any atom is -0.396 e. The van der Waals surface area contributed by atoms with E-state index in [0.29, 0.717) is 38.3 Å². The highest BCUT2D eigenvalue weighted by Crippen LogP contribution is 2.22. The smallest absolute Gasteiger partial charge is 0.0863 e. The quantitative estimate of drug-likeness (QED) is 0.700. The van der Waals surface area contributed by atoms with Crippen LogP contribution in [0.2, 0.25) is 0 Å². The summed E-state index contributed by atoms with van der Waals surface area (Å²) in [6, 6.07) is 1.80. The molecule has 0 unspecified atom stereocenters. The van der Waals surface area contributed by atoms with Crippen LogP contribution < -0.4 is 11.1 Å². The van der Waals surface area contributed by atoms with Crippen LogP contribution in [0.15, 0.2) is 18.5 Å². The number of hydrogen-bond acceptors (Lipinski definition) is 5. The lowest BCUT2D eigenvalue weighted by molar-refractivity contribution is -0.0543. The molecule has 16 heavy (non-hydrogen) atoms. The normalized spacial score (nSPS) is 19.3. The van der Waals surface area contributed by atoms with E-state index in [2.05, 4.69) is 10.3 Å². The zero-order chi connectivity index (χ0) is 11.4. The van der Waals surface area contributed by atoms with Crippen LogP contribution in [0.1, 0.15) is 12.8 Å². The van der Waals surface area contributed by atoms with E-state index in [9.17, 15) is 5.11 Å². The topological polar surface area (TPSA) is 80.4 Å². The van der Waals surface area contributed by atoms with Crippen LogP contribution >= 0.6 is 0 Å². The monoisotopic (exact) mass is 223 g/mol. The molecule has 0 radical (unpaired) electrons. The molecule has 2 heterocycles. The highest BCUT2D eigenvalue weighted by atomic mass is 16.5. The molecule has 0 amide bonds.